The fourth-order valence-electron chi connectivity index (χ4n) is 3.48. The number of nitrogens with zero attached hydrogens (tertiary/aromatic N) is 2. The normalized spacial score (nSPS) is 14.1. The molecule has 1 atom stereocenters. The van der Waals surface area contributed by atoms with Crippen LogP contribution in [0, 0.1) is 0 Å². The summed E-state index contributed by atoms with van der Waals surface area (Å²) in [6.45, 7) is 2.55. The van der Waals surface area contributed by atoms with Crippen LogP contribution < -0.4 is 10.1 Å². The molecule has 2 aromatic heterocycles. The Morgan fingerprint density at radius 2 is 2.11 bits per heavy atom. The summed E-state index contributed by atoms with van der Waals surface area (Å²) in [5, 5.41) is 4.94. The number of hydrogen-bond donors (Lipinski definition) is 1. The van der Waals surface area contributed by atoms with E-state index in [9.17, 15) is 4.79 Å². The molecule has 1 aliphatic rings. The van der Waals surface area contributed by atoms with Gasteiger partial charge in [0.05, 0.1) is 12.4 Å². The van der Waals surface area contributed by atoms with Gasteiger partial charge < -0.3 is 10.1 Å². The van der Waals surface area contributed by atoms with Crippen LogP contribution >= 0.6 is 23.1 Å². The van der Waals surface area contributed by atoms with E-state index in [4.69, 9.17) is 4.74 Å². The lowest BCUT2D eigenvalue weighted by Gasteiger charge is -2.12. The van der Waals surface area contributed by atoms with Gasteiger partial charge in [0.15, 0.2) is 0 Å². The zero-order valence-electron chi connectivity index (χ0n) is 16.0. The molecule has 2 heterocycles. The largest absolute Gasteiger partial charge is 0.497 e. The zero-order valence-corrected chi connectivity index (χ0v) is 17.7. The Morgan fingerprint density at radius 3 is 2.89 bits per heavy atom. The van der Waals surface area contributed by atoms with Crippen molar-refractivity contribution in [2.45, 2.75) is 42.9 Å². The van der Waals surface area contributed by atoms with Gasteiger partial charge in [0.25, 0.3) is 0 Å². The second kappa shape index (κ2) is 8.49. The molecule has 0 spiro atoms. The smallest absolute Gasteiger partial charge is 0.233 e. The Hall–Kier alpha value is -2.12. The van der Waals surface area contributed by atoms with Crippen molar-refractivity contribution in [3.05, 3.63) is 46.6 Å². The molecule has 28 heavy (non-hydrogen) atoms. The van der Waals surface area contributed by atoms with Crippen LogP contribution in [0.15, 0.2) is 35.6 Å². The number of nitrogens with one attached hydrogen (secondary N) is 1. The van der Waals surface area contributed by atoms with Gasteiger partial charge in [-0.2, -0.15) is 0 Å². The standard InChI is InChI=1S/C21H23N3O2S2/c1-13(19(25)22-11-10-14-6-8-15(26-2)9-7-14)27-20-18-16-4-3-5-17(16)28-21(18)24-12-23-20/h6-9,12-13H,3-5,10-11H2,1-2H3,(H,22,25)/t13-/m1/s1. The summed E-state index contributed by atoms with van der Waals surface area (Å²) < 4.78 is 5.17. The molecule has 4 rings (SSSR count). The number of thiophene rings is 1. The molecule has 1 aliphatic carbocycles. The predicted molar refractivity (Wildman–Crippen MR) is 114 cm³/mol. The molecule has 1 amide bonds. The molecule has 0 unspecified atom stereocenters. The molecule has 0 saturated heterocycles. The van der Waals surface area contributed by atoms with Crippen molar-refractivity contribution in [3.63, 3.8) is 0 Å². The van der Waals surface area contributed by atoms with E-state index in [1.54, 1.807) is 24.8 Å². The second-order valence-corrected chi connectivity index (χ2v) is 9.28. The number of carbonyl (C=O) groups excluding carboxylic acids is 1. The van der Waals surface area contributed by atoms with Gasteiger partial charge in [0.2, 0.25) is 5.91 Å². The van der Waals surface area contributed by atoms with Crippen LogP contribution in [0.1, 0.15) is 29.3 Å². The van der Waals surface area contributed by atoms with E-state index in [0.29, 0.717) is 6.54 Å². The van der Waals surface area contributed by atoms with Gasteiger partial charge >= 0.3 is 0 Å². The van der Waals surface area contributed by atoms with Gasteiger partial charge in [-0.25, -0.2) is 9.97 Å². The molecule has 7 heteroatoms. The zero-order chi connectivity index (χ0) is 19.5. The highest BCUT2D eigenvalue weighted by molar-refractivity contribution is 8.00. The maximum atomic E-state index is 12.6. The van der Waals surface area contributed by atoms with Crippen molar-refractivity contribution in [3.8, 4) is 5.75 Å². The fraction of sp³-hybridized carbons (Fsp3) is 0.381. The van der Waals surface area contributed by atoms with E-state index in [0.717, 1.165) is 34.9 Å². The monoisotopic (exact) mass is 413 g/mol. The molecule has 1 aromatic carbocycles. The van der Waals surface area contributed by atoms with Crippen molar-refractivity contribution in [2.75, 3.05) is 13.7 Å². The van der Waals surface area contributed by atoms with Crippen molar-refractivity contribution >= 4 is 39.2 Å². The molecule has 0 fully saturated rings. The lowest BCUT2D eigenvalue weighted by molar-refractivity contribution is -0.120. The Bertz CT molecular complexity index is 985. The molecule has 3 aromatic rings. The van der Waals surface area contributed by atoms with Crippen LogP contribution in [0.5, 0.6) is 5.75 Å². The Kier molecular flexibility index (Phi) is 5.82. The number of fused-ring (bicyclic) bond motifs is 3. The van der Waals surface area contributed by atoms with Crippen LogP contribution in [0.25, 0.3) is 10.2 Å². The van der Waals surface area contributed by atoms with Crippen LogP contribution in [-0.4, -0.2) is 34.8 Å². The van der Waals surface area contributed by atoms with Gasteiger partial charge in [0.1, 0.15) is 21.9 Å². The summed E-state index contributed by atoms with van der Waals surface area (Å²) in [5.41, 5.74) is 2.57. The van der Waals surface area contributed by atoms with Gasteiger partial charge in [0, 0.05) is 16.8 Å². The molecule has 0 radical (unpaired) electrons. The average molecular weight is 414 g/mol. The first-order valence-electron chi connectivity index (χ1n) is 9.48. The van der Waals surface area contributed by atoms with Crippen molar-refractivity contribution in [2.24, 2.45) is 0 Å². The first kappa shape index (κ1) is 19.2. The number of methoxy groups -OCH3 is 1. The van der Waals surface area contributed by atoms with Gasteiger partial charge in [-0.1, -0.05) is 23.9 Å². The van der Waals surface area contributed by atoms with Crippen molar-refractivity contribution < 1.29 is 9.53 Å². The quantitative estimate of drug-likeness (QED) is 0.468. The minimum Gasteiger partial charge on any atom is -0.497 e. The summed E-state index contributed by atoms with van der Waals surface area (Å²) in [5.74, 6) is 0.881. The molecule has 5 nitrogen and oxygen atoms in total. The number of aryl methyl sites for hydroxylation is 2. The van der Waals surface area contributed by atoms with Crippen molar-refractivity contribution in [1.29, 1.82) is 0 Å². The molecule has 0 aliphatic heterocycles. The number of rotatable bonds is 7. The van der Waals surface area contributed by atoms with Crippen LogP contribution in [0.3, 0.4) is 0 Å². The number of amides is 1. The lowest BCUT2D eigenvalue weighted by atomic mass is 10.1. The highest BCUT2D eigenvalue weighted by Gasteiger charge is 2.23. The van der Waals surface area contributed by atoms with E-state index < -0.39 is 0 Å². The third-order valence-electron chi connectivity index (χ3n) is 5.00. The number of carbonyl (C=O) groups is 1. The summed E-state index contributed by atoms with van der Waals surface area (Å²) in [6, 6.07) is 7.93. The minimum absolute atomic E-state index is 0.0390. The number of benzene rings is 1. The maximum Gasteiger partial charge on any atom is 0.233 e. The number of aromatic nitrogens is 2. The Labute approximate surface area is 172 Å². The summed E-state index contributed by atoms with van der Waals surface area (Å²) in [6.07, 6.45) is 5.85. The summed E-state index contributed by atoms with van der Waals surface area (Å²) >= 11 is 3.31. The van der Waals surface area contributed by atoms with Gasteiger partial charge in [-0.3, -0.25) is 4.79 Å². The SMILES string of the molecule is COc1ccc(CCNC(=O)[C@@H](C)Sc2ncnc3sc4c(c23)CCC4)cc1. The molecule has 0 bridgehead atoms. The molecule has 146 valence electrons. The van der Waals surface area contributed by atoms with Crippen LogP contribution in [0.2, 0.25) is 0 Å². The topological polar surface area (TPSA) is 64.1 Å². The lowest BCUT2D eigenvalue weighted by Crippen LogP contribution is -2.32. The Balaban J connectivity index is 1.36. The highest BCUT2D eigenvalue weighted by atomic mass is 32.2. The maximum absolute atomic E-state index is 12.6. The van der Waals surface area contributed by atoms with Crippen LogP contribution in [-0.2, 0) is 24.1 Å². The van der Waals surface area contributed by atoms with Gasteiger partial charge in [-0.05, 0) is 55.9 Å². The van der Waals surface area contributed by atoms with Crippen molar-refractivity contribution in [1.82, 2.24) is 15.3 Å². The number of hydrogen-bond acceptors (Lipinski definition) is 6. The third-order valence-corrected chi connectivity index (χ3v) is 7.30. The molecular weight excluding hydrogens is 390 g/mol. The first-order chi connectivity index (χ1) is 13.7. The van der Waals surface area contributed by atoms with E-state index in [1.807, 2.05) is 31.2 Å². The predicted octanol–water partition coefficient (Wildman–Crippen LogP) is 4.03. The second-order valence-electron chi connectivity index (χ2n) is 6.87. The van der Waals surface area contributed by atoms with Crippen LogP contribution in [0.4, 0.5) is 0 Å². The molecule has 0 saturated carbocycles. The number of thioether (sulfide) groups is 1. The summed E-state index contributed by atoms with van der Waals surface area (Å²) in [4.78, 5) is 24.0. The number of ether oxygens (including phenoxy) is 1. The van der Waals surface area contributed by atoms with E-state index >= 15 is 0 Å². The van der Waals surface area contributed by atoms with E-state index in [1.165, 1.54) is 39.6 Å². The average Bonchev–Trinajstić information content (AvgIpc) is 3.29. The summed E-state index contributed by atoms with van der Waals surface area (Å²) in [7, 11) is 1.66. The minimum atomic E-state index is -0.203. The Morgan fingerprint density at radius 1 is 1.29 bits per heavy atom. The first-order valence-corrected chi connectivity index (χ1v) is 11.2. The molecular formula is C21H23N3O2S2. The third kappa shape index (κ3) is 4.00. The van der Waals surface area contributed by atoms with E-state index in [-0.39, 0.29) is 11.2 Å². The van der Waals surface area contributed by atoms with Gasteiger partial charge in [-0.15, -0.1) is 11.3 Å². The van der Waals surface area contributed by atoms with E-state index in [2.05, 4.69) is 15.3 Å². The molecule has 1 N–H and O–H groups in total. The fourth-order valence-corrected chi connectivity index (χ4v) is 5.74. The highest BCUT2D eigenvalue weighted by Crippen LogP contribution is 2.40.